The number of benzene rings is 2. The van der Waals surface area contributed by atoms with Crippen molar-refractivity contribution in [1.29, 1.82) is 0 Å². The van der Waals surface area contributed by atoms with Crippen LogP contribution < -0.4 is 14.9 Å². The zero-order valence-corrected chi connectivity index (χ0v) is 17.4. The number of hydrazone groups is 1. The normalized spacial score (nSPS) is 11.5. The molecular formula is C23H30N2O3. The maximum absolute atomic E-state index is 12.3. The molecule has 2 aromatic rings. The number of rotatable bonds is 8. The van der Waals surface area contributed by atoms with Gasteiger partial charge < -0.3 is 9.47 Å². The van der Waals surface area contributed by atoms with Gasteiger partial charge in [0.05, 0.1) is 19.9 Å². The number of unbranched alkanes of at least 4 members (excludes halogenated alkanes) is 1. The van der Waals surface area contributed by atoms with Crippen LogP contribution in [0.25, 0.3) is 0 Å². The highest BCUT2D eigenvalue weighted by atomic mass is 16.5. The van der Waals surface area contributed by atoms with Crippen molar-refractivity contribution < 1.29 is 14.3 Å². The quantitative estimate of drug-likeness (QED) is 0.400. The van der Waals surface area contributed by atoms with E-state index in [-0.39, 0.29) is 11.3 Å². The Balaban J connectivity index is 1.98. The van der Waals surface area contributed by atoms with Crippen molar-refractivity contribution in [2.24, 2.45) is 5.10 Å². The molecule has 0 heterocycles. The Kier molecular flexibility index (Phi) is 7.61. The molecule has 0 saturated carbocycles. The fraction of sp³-hybridized carbons (Fsp3) is 0.391. The van der Waals surface area contributed by atoms with Crippen molar-refractivity contribution in [1.82, 2.24) is 5.43 Å². The van der Waals surface area contributed by atoms with E-state index in [1.54, 1.807) is 13.3 Å². The number of carbonyl (C=O) groups is 1. The van der Waals surface area contributed by atoms with E-state index in [0.29, 0.717) is 23.7 Å². The Morgan fingerprint density at radius 2 is 1.82 bits per heavy atom. The van der Waals surface area contributed by atoms with E-state index in [0.717, 1.165) is 18.4 Å². The van der Waals surface area contributed by atoms with Crippen molar-refractivity contribution in [2.75, 3.05) is 13.7 Å². The molecule has 2 rings (SSSR count). The van der Waals surface area contributed by atoms with Crippen LogP contribution >= 0.6 is 0 Å². The molecule has 0 unspecified atom stereocenters. The molecule has 0 bridgehead atoms. The van der Waals surface area contributed by atoms with Gasteiger partial charge in [-0.15, -0.1) is 0 Å². The standard InChI is InChI=1S/C23H30N2O3/c1-6-7-14-28-20-13-8-17(15-21(20)27-5)16-24-25-22(26)18-9-11-19(12-10-18)23(2,3)4/h8-13,15-16H,6-7,14H2,1-5H3,(H,25,26)/b24-16-. The Labute approximate surface area is 167 Å². The molecule has 0 radical (unpaired) electrons. The first kappa shape index (κ1) is 21.5. The van der Waals surface area contributed by atoms with E-state index in [4.69, 9.17) is 9.47 Å². The first-order chi connectivity index (χ1) is 13.3. The summed E-state index contributed by atoms with van der Waals surface area (Å²) in [6.07, 6.45) is 3.65. The van der Waals surface area contributed by atoms with Crippen LogP contribution in [-0.2, 0) is 5.41 Å². The Hall–Kier alpha value is -2.82. The van der Waals surface area contributed by atoms with Crippen LogP contribution in [0.15, 0.2) is 47.6 Å². The minimum atomic E-state index is -0.247. The summed E-state index contributed by atoms with van der Waals surface area (Å²) in [6, 6.07) is 13.1. The third-order valence-corrected chi connectivity index (χ3v) is 4.34. The number of hydrogen-bond donors (Lipinski definition) is 1. The van der Waals surface area contributed by atoms with Crippen LogP contribution in [0, 0.1) is 0 Å². The van der Waals surface area contributed by atoms with Gasteiger partial charge in [-0.2, -0.15) is 5.10 Å². The number of hydrogen-bond acceptors (Lipinski definition) is 4. The smallest absolute Gasteiger partial charge is 0.271 e. The lowest BCUT2D eigenvalue weighted by Crippen LogP contribution is -2.18. The average Bonchev–Trinajstić information content (AvgIpc) is 2.68. The van der Waals surface area contributed by atoms with Crippen LogP contribution in [0.4, 0.5) is 0 Å². The molecule has 1 amide bonds. The van der Waals surface area contributed by atoms with E-state index in [1.165, 1.54) is 5.56 Å². The summed E-state index contributed by atoms with van der Waals surface area (Å²) in [6.45, 7) is 9.19. The van der Waals surface area contributed by atoms with Crippen molar-refractivity contribution in [2.45, 2.75) is 46.0 Å². The first-order valence-electron chi connectivity index (χ1n) is 9.60. The second kappa shape index (κ2) is 9.93. The van der Waals surface area contributed by atoms with Gasteiger partial charge >= 0.3 is 0 Å². The van der Waals surface area contributed by atoms with E-state index in [2.05, 4.69) is 38.2 Å². The molecular weight excluding hydrogens is 352 g/mol. The third kappa shape index (κ3) is 6.12. The molecule has 150 valence electrons. The van der Waals surface area contributed by atoms with E-state index < -0.39 is 0 Å². The highest BCUT2D eigenvalue weighted by Crippen LogP contribution is 2.27. The zero-order valence-electron chi connectivity index (χ0n) is 17.4. The van der Waals surface area contributed by atoms with E-state index in [1.807, 2.05) is 42.5 Å². The molecule has 5 nitrogen and oxygen atoms in total. The summed E-state index contributed by atoms with van der Waals surface area (Å²) in [5.74, 6) is 1.10. The summed E-state index contributed by atoms with van der Waals surface area (Å²) in [4.78, 5) is 12.3. The minimum absolute atomic E-state index is 0.0542. The predicted molar refractivity (Wildman–Crippen MR) is 114 cm³/mol. The first-order valence-corrected chi connectivity index (χ1v) is 9.60. The fourth-order valence-electron chi connectivity index (χ4n) is 2.56. The van der Waals surface area contributed by atoms with E-state index in [9.17, 15) is 4.79 Å². The van der Waals surface area contributed by atoms with Crippen molar-refractivity contribution in [3.63, 3.8) is 0 Å². The van der Waals surface area contributed by atoms with Crippen LogP contribution in [0.2, 0.25) is 0 Å². The van der Waals surface area contributed by atoms with Gasteiger partial charge in [-0.05, 0) is 53.3 Å². The molecule has 0 spiro atoms. The molecule has 0 saturated heterocycles. The van der Waals surface area contributed by atoms with Gasteiger partial charge in [0, 0.05) is 5.56 Å². The van der Waals surface area contributed by atoms with E-state index >= 15 is 0 Å². The summed E-state index contributed by atoms with van der Waals surface area (Å²) in [7, 11) is 1.60. The number of amides is 1. The van der Waals surface area contributed by atoms with Gasteiger partial charge in [0.25, 0.3) is 5.91 Å². The zero-order chi connectivity index (χ0) is 20.6. The second-order valence-corrected chi connectivity index (χ2v) is 7.64. The molecule has 2 aromatic carbocycles. The SMILES string of the molecule is CCCCOc1ccc(/C=N\NC(=O)c2ccc(C(C)(C)C)cc2)cc1OC. The van der Waals surface area contributed by atoms with Gasteiger partial charge in [0.1, 0.15) is 0 Å². The molecule has 0 fully saturated rings. The largest absolute Gasteiger partial charge is 0.493 e. The number of carbonyl (C=O) groups excluding carboxylic acids is 1. The van der Waals surface area contributed by atoms with Gasteiger partial charge in [-0.25, -0.2) is 5.43 Å². The maximum atomic E-state index is 12.3. The second-order valence-electron chi connectivity index (χ2n) is 7.64. The molecule has 0 aliphatic rings. The highest BCUT2D eigenvalue weighted by molar-refractivity contribution is 5.95. The maximum Gasteiger partial charge on any atom is 0.271 e. The summed E-state index contributed by atoms with van der Waals surface area (Å²) >= 11 is 0. The Morgan fingerprint density at radius 1 is 1.11 bits per heavy atom. The lowest BCUT2D eigenvalue weighted by Gasteiger charge is -2.18. The highest BCUT2D eigenvalue weighted by Gasteiger charge is 2.14. The molecule has 0 aromatic heterocycles. The number of methoxy groups -OCH3 is 1. The Morgan fingerprint density at radius 3 is 2.43 bits per heavy atom. The summed E-state index contributed by atoms with van der Waals surface area (Å²) in [5.41, 5.74) is 5.17. The lowest BCUT2D eigenvalue weighted by atomic mass is 9.87. The van der Waals surface area contributed by atoms with Gasteiger partial charge in [-0.3, -0.25) is 4.79 Å². The van der Waals surface area contributed by atoms with Crippen molar-refractivity contribution in [3.05, 3.63) is 59.2 Å². The average molecular weight is 383 g/mol. The molecule has 1 N–H and O–H groups in total. The minimum Gasteiger partial charge on any atom is -0.493 e. The van der Waals surface area contributed by atoms with Crippen LogP contribution in [0.1, 0.15) is 62.0 Å². The molecule has 28 heavy (non-hydrogen) atoms. The monoisotopic (exact) mass is 382 g/mol. The molecule has 0 aliphatic carbocycles. The molecule has 0 atom stereocenters. The third-order valence-electron chi connectivity index (χ3n) is 4.34. The van der Waals surface area contributed by atoms with Crippen molar-refractivity contribution in [3.8, 4) is 11.5 Å². The van der Waals surface area contributed by atoms with Gasteiger partial charge in [0.15, 0.2) is 11.5 Å². The van der Waals surface area contributed by atoms with Crippen LogP contribution in [0.5, 0.6) is 11.5 Å². The lowest BCUT2D eigenvalue weighted by molar-refractivity contribution is 0.0955. The van der Waals surface area contributed by atoms with Crippen LogP contribution in [-0.4, -0.2) is 25.8 Å². The molecule has 5 heteroatoms. The summed E-state index contributed by atoms with van der Waals surface area (Å²) < 4.78 is 11.1. The summed E-state index contributed by atoms with van der Waals surface area (Å²) in [5, 5.41) is 4.05. The van der Waals surface area contributed by atoms with Gasteiger partial charge in [0.2, 0.25) is 0 Å². The number of nitrogens with zero attached hydrogens (tertiary/aromatic N) is 1. The molecule has 0 aliphatic heterocycles. The fourth-order valence-corrected chi connectivity index (χ4v) is 2.56. The topological polar surface area (TPSA) is 59.9 Å². The number of nitrogens with one attached hydrogen (secondary N) is 1. The Bertz CT molecular complexity index is 806. The number of ether oxygens (including phenoxy) is 2. The van der Waals surface area contributed by atoms with Crippen LogP contribution in [0.3, 0.4) is 0 Å². The van der Waals surface area contributed by atoms with Gasteiger partial charge in [-0.1, -0.05) is 46.2 Å². The predicted octanol–water partition coefficient (Wildman–Crippen LogP) is 4.94. The van der Waals surface area contributed by atoms with Crippen molar-refractivity contribution >= 4 is 12.1 Å².